The molecule has 0 bridgehead atoms. The Morgan fingerprint density at radius 3 is 2.58 bits per heavy atom. The number of hydrogen-bond acceptors (Lipinski definition) is 4. The molecular weight excluding hydrogens is 313 g/mol. The normalized spacial score (nSPS) is 10.1. The van der Waals surface area contributed by atoms with E-state index in [0.717, 1.165) is 5.56 Å². The number of hydrogen-bond donors (Lipinski definition) is 1. The summed E-state index contributed by atoms with van der Waals surface area (Å²) in [5, 5.41) is 2.50. The van der Waals surface area contributed by atoms with Gasteiger partial charge in [-0.25, -0.2) is 4.39 Å². The van der Waals surface area contributed by atoms with Crippen molar-refractivity contribution in [3.63, 3.8) is 0 Å². The van der Waals surface area contributed by atoms with Gasteiger partial charge in [0.15, 0.2) is 6.61 Å². The van der Waals surface area contributed by atoms with E-state index in [2.05, 4.69) is 5.32 Å². The molecule has 0 spiro atoms. The van der Waals surface area contributed by atoms with Crippen molar-refractivity contribution in [3.05, 3.63) is 59.9 Å². The number of rotatable bonds is 7. The predicted molar refractivity (Wildman–Crippen MR) is 87.3 cm³/mol. The SMILES string of the molecule is Cc1cccc(OCCC(=O)OCC(=O)Nc2ccc(F)cc2)c1. The van der Waals surface area contributed by atoms with Crippen LogP contribution >= 0.6 is 0 Å². The molecule has 0 aliphatic carbocycles. The third-order valence-electron chi connectivity index (χ3n) is 3.06. The smallest absolute Gasteiger partial charge is 0.309 e. The van der Waals surface area contributed by atoms with E-state index in [1.807, 2.05) is 25.1 Å². The van der Waals surface area contributed by atoms with Crippen molar-refractivity contribution in [1.82, 2.24) is 0 Å². The van der Waals surface area contributed by atoms with Gasteiger partial charge in [-0.2, -0.15) is 0 Å². The summed E-state index contributed by atoms with van der Waals surface area (Å²) in [4.78, 5) is 23.2. The molecule has 2 aromatic rings. The first-order valence-corrected chi connectivity index (χ1v) is 7.43. The summed E-state index contributed by atoms with van der Waals surface area (Å²) >= 11 is 0. The lowest BCUT2D eigenvalue weighted by Gasteiger charge is -2.08. The van der Waals surface area contributed by atoms with E-state index in [1.54, 1.807) is 6.07 Å². The number of aryl methyl sites for hydroxylation is 1. The van der Waals surface area contributed by atoms with Crippen LogP contribution in [0.3, 0.4) is 0 Å². The van der Waals surface area contributed by atoms with Gasteiger partial charge in [-0.15, -0.1) is 0 Å². The Morgan fingerprint density at radius 1 is 1.12 bits per heavy atom. The second-order valence-electron chi connectivity index (χ2n) is 5.13. The molecule has 5 nitrogen and oxygen atoms in total. The van der Waals surface area contributed by atoms with Gasteiger partial charge < -0.3 is 14.8 Å². The highest BCUT2D eigenvalue weighted by molar-refractivity contribution is 5.92. The summed E-state index contributed by atoms with van der Waals surface area (Å²) in [6, 6.07) is 12.8. The number of halogens is 1. The monoisotopic (exact) mass is 331 g/mol. The van der Waals surface area contributed by atoms with Gasteiger partial charge >= 0.3 is 5.97 Å². The largest absolute Gasteiger partial charge is 0.493 e. The van der Waals surface area contributed by atoms with Gasteiger partial charge in [-0.3, -0.25) is 9.59 Å². The first kappa shape index (κ1) is 17.5. The Kier molecular flexibility index (Phi) is 6.31. The van der Waals surface area contributed by atoms with Crippen molar-refractivity contribution in [2.75, 3.05) is 18.5 Å². The Hall–Kier alpha value is -2.89. The van der Waals surface area contributed by atoms with Crippen LogP contribution in [0.2, 0.25) is 0 Å². The minimum atomic E-state index is -0.531. The highest BCUT2D eigenvalue weighted by atomic mass is 19.1. The number of anilines is 1. The first-order valence-electron chi connectivity index (χ1n) is 7.43. The molecule has 6 heteroatoms. The highest BCUT2D eigenvalue weighted by Crippen LogP contribution is 2.12. The zero-order valence-corrected chi connectivity index (χ0v) is 13.3. The Morgan fingerprint density at radius 2 is 1.88 bits per heavy atom. The van der Waals surface area contributed by atoms with Crippen LogP contribution in [0, 0.1) is 12.7 Å². The molecule has 0 saturated heterocycles. The zero-order chi connectivity index (χ0) is 17.4. The molecule has 0 fully saturated rings. The number of ether oxygens (including phenoxy) is 2. The van der Waals surface area contributed by atoms with Crippen LogP contribution in [-0.4, -0.2) is 25.1 Å². The third kappa shape index (κ3) is 6.08. The van der Waals surface area contributed by atoms with Gasteiger partial charge in [-0.1, -0.05) is 12.1 Å². The van der Waals surface area contributed by atoms with Gasteiger partial charge in [-0.05, 0) is 48.9 Å². The van der Waals surface area contributed by atoms with Crippen molar-refractivity contribution in [2.45, 2.75) is 13.3 Å². The van der Waals surface area contributed by atoms with Crippen molar-refractivity contribution in [3.8, 4) is 5.75 Å². The topological polar surface area (TPSA) is 64.6 Å². The van der Waals surface area contributed by atoms with Crippen LogP contribution in [0.15, 0.2) is 48.5 Å². The second kappa shape index (κ2) is 8.67. The molecule has 2 rings (SSSR count). The van der Waals surface area contributed by atoms with Crippen LogP contribution < -0.4 is 10.1 Å². The van der Waals surface area contributed by atoms with Gasteiger partial charge in [0.2, 0.25) is 0 Å². The third-order valence-corrected chi connectivity index (χ3v) is 3.06. The number of carbonyl (C=O) groups excluding carboxylic acids is 2. The van der Waals surface area contributed by atoms with Crippen molar-refractivity contribution < 1.29 is 23.5 Å². The van der Waals surface area contributed by atoms with E-state index in [4.69, 9.17) is 9.47 Å². The Bertz CT molecular complexity index is 700. The van der Waals surface area contributed by atoms with Crippen LogP contribution in [0.5, 0.6) is 5.75 Å². The average Bonchev–Trinajstić information content (AvgIpc) is 2.55. The molecule has 0 saturated carbocycles. The lowest BCUT2D eigenvalue weighted by molar-refractivity contribution is -0.147. The maximum Gasteiger partial charge on any atom is 0.309 e. The molecule has 1 amide bonds. The van der Waals surface area contributed by atoms with Crippen LogP contribution in [0.25, 0.3) is 0 Å². The van der Waals surface area contributed by atoms with E-state index in [-0.39, 0.29) is 13.0 Å². The molecule has 0 unspecified atom stereocenters. The van der Waals surface area contributed by atoms with E-state index in [1.165, 1.54) is 24.3 Å². The fourth-order valence-electron chi connectivity index (χ4n) is 1.91. The van der Waals surface area contributed by atoms with E-state index < -0.39 is 24.3 Å². The first-order chi connectivity index (χ1) is 11.5. The summed E-state index contributed by atoms with van der Waals surface area (Å²) in [5.74, 6) is -0.739. The summed E-state index contributed by atoms with van der Waals surface area (Å²) in [6.07, 6.45) is 0.0395. The minimum absolute atomic E-state index is 0.0395. The molecule has 0 atom stereocenters. The summed E-state index contributed by atoms with van der Waals surface area (Å²) in [6.45, 7) is 1.71. The molecule has 24 heavy (non-hydrogen) atoms. The fraction of sp³-hybridized carbons (Fsp3) is 0.222. The van der Waals surface area contributed by atoms with Crippen LogP contribution in [0.4, 0.5) is 10.1 Å². The Balaban J connectivity index is 1.65. The van der Waals surface area contributed by atoms with Crippen molar-refractivity contribution in [2.24, 2.45) is 0 Å². The zero-order valence-electron chi connectivity index (χ0n) is 13.3. The van der Waals surface area contributed by atoms with Gasteiger partial charge in [0.25, 0.3) is 5.91 Å². The second-order valence-corrected chi connectivity index (χ2v) is 5.13. The minimum Gasteiger partial charge on any atom is -0.493 e. The predicted octanol–water partition coefficient (Wildman–Crippen LogP) is 3.08. The summed E-state index contributed by atoms with van der Waals surface area (Å²) in [5.41, 5.74) is 1.49. The van der Waals surface area contributed by atoms with Crippen molar-refractivity contribution >= 4 is 17.6 Å². The fourth-order valence-corrected chi connectivity index (χ4v) is 1.91. The molecule has 0 aliphatic heterocycles. The maximum absolute atomic E-state index is 12.7. The van der Waals surface area contributed by atoms with E-state index in [0.29, 0.717) is 11.4 Å². The molecule has 2 aromatic carbocycles. The quantitative estimate of drug-likeness (QED) is 0.792. The lowest BCUT2D eigenvalue weighted by atomic mass is 10.2. The molecule has 126 valence electrons. The number of amides is 1. The average molecular weight is 331 g/mol. The number of nitrogens with one attached hydrogen (secondary N) is 1. The molecule has 0 radical (unpaired) electrons. The Labute approximate surface area is 139 Å². The molecule has 0 aliphatic rings. The summed E-state index contributed by atoms with van der Waals surface area (Å²) < 4.78 is 23.0. The number of benzene rings is 2. The molecule has 0 heterocycles. The molecule has 1 N–H and O–H groups in total. The van der Waals surface area contributed by atoms with Gasteiger partial charge in [0, 0.05) is 5.69 Å². The van der Waals surface area contributed by atoms with E-state index in [9.17, 15) is 14.0 Å². The molecule has 0 aromatic heterocycles. The lowest BCUT2D eigenvalue weighted by Crippen LogP contribution is -2.21. The van der Waals surface area contributed by atoms with Gasteiger partial charge in [0.05, 0.1) is 13.0 Å². The maximum atomic E-state index is 12.7. The number of esters is 1. The highest BCUT2D eigenvalue weighted by Gasteiger charge is 2.08. The molecular formula is C18H18FNO4. The van der Waals surface area contributed by atoms with E-state index >= 15 is 0 Å². The standard InChI is InChI=1S/C18H18FNO4/c1-13-3-2-4-16(11-13)23-10-9-18(22)24-12-17(21)20-15-7-5-14(19)6-8-15/h2-8,11H,9-10,12H2,1H3,(H,20,21). The number of carbonyl (C=O) groups is 2. The van der Waals surface area contributed by atoms with Gasteiger partial charge in [0.1, 0.15) is 11.6 Å². The van der Waals surface area contributed by atoms with Crippen LogP contribution in [-0.2, 0) is 14.3 Å². The van der Waals surface area contributed by atoms with Crippen molar-refractivity contribution in [1.29, 1.82) is 0 Å². The summed E-state index contributed by atoms with van der Waals surface area (Å²) in [7, 11) is 0. The van der Waals surface area contributed by atoms with Crippen LogP contribution in [0.1, 0.15) is 12.0 Å².